The molecule has 0 amide bonds. The lowest BCUT2D eigenvalue weighted by atomic mass is 10.2. The second-order valence-corrected chi connectivity index (χ2v) is 6.31. The van der Waals surface area contributed by atoms with Crippen LogP contribution >= 0.6 is 35.4 Å². The van der Waals surface area contributed by atoms with Gasteiger partial charge in [0.2, 0.25) is 0 Å². The summed E-state index contributed by atoms with van der Waals surface area (Å²) < 4.78 is 11.2. The molecule has 0 aliphatic carbocycles. The molecule has 0 atom stereocenters. The highest BCUT2D eigenvalue weighted by Gasteiger charge is 2.09. The van der Waals surface area contributed by atoms with Crippen LogP contribution in [0, 0.1) is 6.92 Å². The summed E-state index contributed by atoms with van der Waals surface area (Å²) in [4.78, 5) is 0. The van der Waals surface area contributed by atoms with E-state index in [2.05, 4.69) is 22.7 Å². The minimum atomic E-state index is 0.0713. The molecule has 0 bridgehead atoms. The first-order valence-corrected chi connectivity index (χ1v) is 8.52. The molecule has 3 N–H and O–H groups in total. The van der Waals surface area contributed by atoms with Crippen LogP contribution in [0.1, 0.15) is 11.1 Å². The second kappa shape index (κ2) is 9.46. The maximum atomic E-state index is 6.21. The lowest BCUT2D eigenvalue weighted by Crippen LogP contribution is -2.23. The fourth-order valence-electron chi connectivity index (χ4n) is 1.90. The Morgan fingerprint density at radius 3 is 2.36 bits per heavy atom. The van der Waals surface area contributed by atoms with Crippen molar-refractivity contribution in [3.8, 4) is 11.5 Å². The van der Waals surface area contributed by atoms with Gasteiger partial charge in [0.1, 0.15) is 19.0 Å². The van der Waals surface area contributed by atoms with Gasteiger partial charge in [-0.15, -0.1) is 0 Å². The largest absolute Gasteiger partial charge is 0.490 e. The van der Waals surface area contributed by atoms with Crippen molar-refractivity contribution in [3.63, 3.8) is 0 Å². The average molecular weight is 398 g/mol. The Hall–Kier alpha value is -2.02. The Balaban J connectivity index is 1.90. The smallest absolute Gasteiger partial charge is 0.184 e. The van der Waals surface area contributed by atoms with Crippen LogP contribution in [0.3, 0.4) is 0 Å². The van der Waals surface area contributed by atoms with Crippen LogP contribution < -0.4 is 20.6 Å². The average Bonchev–Trinajstić information content (AvgIpc) is 2.55. The second-order valence-electron chi connectivity index (χ2n) is 5.06. The van der Waals surface area contributed by atoms with Crippen molar-refractivity contribution in [1.82, 2.24) is 5.43 Å². The molecule has 0 saturated heterocycles. The molecule has 0 heterocycles. The number of nitrogens with two attached hydrogens (primary N) is 1. The molecule has 2 aromatic rings. The quantitative estimate of drug-likeness (QED) is 0.320. The third-order valence-electron chi connectivity index (χ3n) is 3.03. The fraction of sp³-hybridized carbons (Fsp3) is 0.176. The molecule has 8 heteroatoms. The molecular weight excluding hydrogens is 381 g/mol. The van der Waals surface area contributed by atoms with Gasteiger partial charge in [-0.1, -0.05) is 40.9 Å². The van der Waals surface area contributed by atoms with E-state index in [1.165, 1.54) is 11.8 Å². The molecule has 0 aliphatic rings. The number of rotatable bonds is 7. The van der Waals surface area contributed by atoms with Crippen molar-refractivity contribution in [1.29, 1.82) is 0 Å². The van der Waals surface area contributed by atoms with Crippen LogP contribution in [0.15, 0.2) is 41.5 Å². The highest BCUT2D eigenvalue weighted by atomic mass is 35.5. The first-order chi connectivity index (χ1) is 12.0. The Bertz CT molecular complexity index is 744. The Morgan fingerprint density at radius 1 is 1.16 bits per heavy atom. The van der Waals surface area contributed by atoms with E-state index in [-0.39, 0.29) is 5.11 Å². The van der Waals surface area contributed by atoms with Gasteiger partial charge in [-0.25, -0.2) is 0 Å². The standard InChI is InChI=1S/C17H17Cl2N3O2S/c1-11-2-4-13(5-3-11)23-6-7-24-16-14(18)8-12(9-15(16)19)10-21-22-17(20)25/h2-5,8-10H,6-7H2,1H3,(H3,20,22,25)/b21-10-. The Morgan fingerprint density at radius 2 is 1.76 bits per heavy atom. The summed E-state index contributed by atoms with van der Waals surface area (Å²) in [5.41, 5.74) is 9.59. The molecule has 2 rings (SSSR count). The lowest BCUT2D eigenvalue weighted by Gasteiger charge is -2.12. The number of nitrogens with zero attached hydrogens (tertiary/aromatic N) is 1. The zero-order valence-corrected chi connectivity index (χ0v) is 15.8. The van der Waals surface area contributed by atoms with Crippen LogP contribution in [-0.2, 0) is 0 Å². The summed E-state index contributed by atoms with van der Waals surface area (Å²) in [6.45, 7) is 2.70. The van der Waals surface area contributed by atoms with Crippen molar-refractivity contribution in [3.05, 3.63) is 57.6 Å². The van der Waals surface area contributed by atoms with Gasteiger partial charge in [0, 0.05) is 0 Å². The molecule has 0 radical (unpaired) electrons. The molecule has 0 fully saturated rings. The topological polar surface area (TPSA) is 68.9 Å². The van der Waals surface area contributed by atoms with Gasteiger partial charge in [-0.05, 0) is 49.0 Å². The summed E-state index contributed by atoms with van der Waals surface area (Å²) in [5, 5.41) is 4.67. The summed E-state index contributed by atoms with van der Waals surface area (Å²) in [7, 11) is 0. The van der Waals surface area contributed by atoms with E-state index >= 15 is 0 Å². The van der Waals surface area contributed by atoms with Crippen molar-refractivity contribution < 1.29 is 9.47 Å². The zero-order valence-electron chi connectivity index (χ0n) is 13.5. The minimum absolute atomic E-state index is 0.0713. The van der Waals surface area contributed by atoms with Gasteiger partial charge in [0.25, 0.3) is 0 Å². The summed E-state index contributed by atoms with van der Waals surface area (Å²) in [6.07, 6.45) is 1.50. The molecule has 0 aromatic heterocycles. The number of ether oxygens (including phenoxy) is 2. The van der Waals surface area contributed by atoms with Crippen LogP contribution in [0.2, 0.25) is 10.0 Å². The van der Waals surface area contributed by atoms with Gasteiger partial charge >= 0.3 is 0 Å². The van der Waals surface area contributed by atoms with E-state index < -0.39 is 0 Å². The number of hydrogen-bond donors (Lipinski definition) is 2. The van der Waals surface area contributed by atoms with E-state index in [0.717, 1.165) is 5.75 Å². The zero-order chi connectivity index (χ0) is 18.2. The highest BCUT2D eigenvalue weighted by molar-refractivity contribution is 7.80. The Kier molecular flexibility index (Phi) is 7.31. The molecule has 2 aromatic carbocycles. The van der Waals surface area contributed by atoms with E-state index in [4.69, 9.17) is 38.4 Å². The van der Waals surface area contributed by atoms with Crippen LogP contribution in [0.4, 0.5) is 0 Å². The fourth-order valence-corrected chi connectivity index (χ4v) is 2.57. The molecule has 0 spiro atoms. The first-order valence-electron chi connectivity index (χ1n) is 7.35. The van der Waals surface area contributed by atoms with Crippen LogP contribution in [-0.4, -0.2) is 24.5 Å². The molecule has 0 aliphatic heterocycles. The van der Waals surface area contributed by atoms with Crippen LogP contribution in [0.25, 0.3) is 0 Å². The van der Waals surface area contributed by atoms with Crippen molar-refractivity contribution in [2.75, 3.05) is 13.2 Å². The maximum absolute atomic E-state index is 6.21. The number of hydrogen-bond acceptors (Lipinski definition) is 4. The van der Waals surface area contributed by atoms with Gasteiger partial charge in [0.05, 0.1) is 16.3 Å². The van der Waals surface area contributed by atoms with E-state index in [1.807, 2.05) is 31.2 Å². The molecule has 132 valence electrons. The van der Waals surface area contributed by atoms with Gasteiger partial charge < -0.3 is 15.2 Å². The van der Waals surface area contributed by atoms with Gasteiger partial charge in [0.15, 0.2) is 10.9 Å². The predicted octanol–water partition coefficient (Wildman–Crippen LogP) is 3.93. The molecule has 0 unspecified atom stereocenters. The maximum Gasteiger partial charge on any atom is 0.184 e. The highest BCUT2D eigenvalue weighted by Crippen LogP contribution is 2.33. The number of halogens is 2. The molecule has 0 saturated carbocycles. The number of hydrazone groups is 1. The van der Waals surface area contributed by atoms with Crippen molar-refractivity contribution in [2.45, 2.75) is 6.92 Å². The van der Waals surface area contributed by atoms with E-state index in [0.29, 0.717) is 34.6 Å². The normalized spacial score (nSPS) is 10.7. The molecule has 25 heavy (non-hydrogen) atoms. The summed E-state index contributed by atoms with van der Waals surface area (Å²) in [6, 6.07) is 11.1. The number of aryl methyl sites for hydroxylation is 1. The molecular formula is C17H17Cl2N3O2S. The lowest BCUT2D eigenvalue weighted by molar-refractivity contribution is 0.217. The first kappa shape index (κ1) is 19.3. The predicted molar refractivity (Wildman–Crippen MR) is 106 cm³/mol. The Labute approximate surface area is 161 Å². The van der Waals surface area contributed by atoms with Crippen molar-refractivity contribution in [2.24, 2.45) is 10.8 Å². The van der Waals surface area contributed by atoms with E-state index in [9.17, 15) is 0 Å². The van der Waals surface area contributed by atoms with Gasteiger partial charge in [-0.2, -0.15) is 5.10 Å². The van der Waals surface area contributed by atoms with Crippen LogP contribution in [0.5, 0.6) is 11.5 Å². The summed E-state index contributed by atoms with van der Waals surface area (Å²) >= 11 is 17.1. The third-order valence-corrected chi connectivity index (χ3v) is 3.68. The summed E-state index contributed by atoms with van der Waals surface area (Å²) in [5.74, 6) is 1.18. The monoisotopic (exact) mass is 397 g/mol. The minimum Gasteiger partial charge on any atom is -0.490 e. The number of nitrogens with one attached hydrogen (secondary N) is 1. The third kappa shape index (κ3) is 6.42. The van der Waals surface area contributed by atoms with Crippen molar-refractivity contribution >= 4 is 46.7 Å². The molecule has 5 nitrogen and oxygen atoms in total. The van der Waals surface area contributed by atoms with Gasteiger partial charge in [-0.3, -0.25) is 5.43 Å². The number of benzene rings is 2. The van der Waals surface area contributed by atoms with E-state index in [1.54, 1.807) is 12.1 Å². The number of thiocarbonyl (C=S) groups is 1. The SMILES string of the molecule is Cc1ccc(OCCOc2c(Cl)cc(/C=N\NC(N)=S)cc2Cl)cc1.